The van der Waals surface area contributed by atoms with Crippen molar-refractivity contribution in [1.82, 2.24) is 0 Å². The van der Waals surface area contributed by atoms with Crippen molar-refractivity contribution in [1.29, 1.82) is 0 Å². The molecule has 4 rings (SSSR count). The predicted molar refractivity (Wildman–Crippen MR) is 135 cm³/mol. The molecule has 0 unspecified atom stereocenters. The smallest absolute Gasteiger partial charge is 0.262 e. The van der Waals surface area contributed by atoms with E-state index < -0.39 is 9.84 Å². The first-order valence-electron chi connectivity index (χ1n) is 9.41. The summed E-state index contributed by atoms with van der Waals surface area (Å²) >= 11 is 8.13. The van der Waals surface area contributed by atoms with Crippen molar-refractivity contribution in [2.45, 2.75) is 15.5 Å². The molecule has 0 radical (unpaired) electrons. The van der Waals surface area contributed by atoms with E-state index in [1.165, 1.54) is 17.8 Å². The Morgan fingerprint density at radius 3 is 2.38 bits per heavy atom. The number of halogens is 2. The summed E-state index contributed by atoms with van der Waals surface area (Å²) in [7, 11) is -2.03. The molecule has 164 valence electrons. The minimum Gasteiger partial charge on any atom is -0.497 e. The van der Waals surface area contributed by atoms with Crippen molar-refractivity contribution in [2.75, 3.05) is 12.4 Å². The van der Waals surface area contributed by atoms with E-state index >= 15 is 0 Å². The Hall–Kier alpha value is -2.07. The summed E-state index contributed by atoms with van der Waals surface area (Å²) in [5, 5.41) is 2.82. The maximum Gasteiger partial charge on any atom is 0.262 e. The van der Waals surface area contributed by atoms with E-state index in [1.54, 1.807) is 37.5 Å². The van der Waals surface area contributed by atoms with Gasteiger partial charge >= 0.3 is 0 Å². The van der Waals surface area contributed by atoms with Gasteiger partial charge in [0.1, 0.15) is 5.75 Å². The average molecular weight is 595 g/mol. The Morgan fingerprint density at radius 2 is 1.72 bits per heavy atom. The molecule has 0 aromatic heterocycles. The zero-order valence-corrected chi connectivity index (χ0v) is 21.6. The number of amides is 1. The van der Waals surface area contributed by atoms with Gasteiger partial charge in [0, 0.05) is 13.8 Å². The van der Waals surface area contributed by atoms with Gasteiger partial charge in [-0.3, -0.25) is 4.79 Å². The molecular formula is C23H17Br2NO4S2. The molecular weight excluding hydrogens is 578 g/mol. The predicted octanol–water partition coefficient (Wildman–Crippen LogP) is 6.28. The summed E-state index contributed by atoms with van der Waals surface area (Å²) in [5.74, 6) is 0.292. The van der Waals surface area contributed by atoms with Crippen LogP contribution in [-0.4, -0.2) is 21.4 Å². The third-order valence-corrected chi connectivity index (χ3v) is 9.04. The number of fused-ring (bicyclic) bond motifs is 1. The fraction of sp³-hybridized carbons (Fsp3) is 0.0870. The summed E-state index contributed by atoms with van der Waals surface area (Å²) < 4.78 is 32.7. The Morgan fingerprint density at radius 1 is 1.03 bits per heavy atom. The van der Waals surface area contributed by atoms with Gasteiger partial charge in [-0.15, -0.1) is 0 Å². The molecule has 3 aromatic rings. The van der Waals surface area contributed by atoms with E-state index in [0.717, 1.165) is 16.2 Å². The van der Waals surface area contributed by atoms with Crippen molar-refractivity contribution < 1.29 is 17.9 Å². The van der Waals surface area contributed by atoms with Crippen molar-refractivity contribution >= 4 is 71.1 Å². The monoisotopic (exact) mass is 593 g/mol. The summed E-state index contributed by atoms with van der Waals surface area (Å²) in [6.07, 6.45) is 1.79. The van der Waals surface area contributed by atoms with Crippen molar-refractivity contribution in [3.8, 4) is 5.75 Å². The largest absolute Gasteiger partial charge is 0.497 e. The van der Waals surface area contributed by atoms with Crippen LogP contribution in [0.25, 0.3) is 6.08 Å². The Bertz CT molecular complexity index is 1320. The molecule has 0 bridgehead atoms. The first kappa shape index (κ1) is 23.1. The summed E-state index contributed by atoms with van der Waals surface area (Å²) in [5.41, 5.74) is 2.00. The molecule has 3 aromatic carbocycles. The number of hydrogen-bond donors (Lipinski definition) is 1. The van der Waals surface area contributed by atoms with Crippen LogP contribution >= 0.6 is 43.6 Å². The number of hydrogen-bond acceptors (Lipinski definition) is 5. The molecule has 0 fully saturated rings. The summed E-state index contributed by atoms with van der Waals surface area (Å²) in [6.45, 7) is 0. The van der Waals surface area contributed by atoms with E-state index in [4.69, 9.17) is 4.74 Å². The van der Waals surface area contributed by atoms with Crippen LogP contribution in [0.4, 0.5) is 5.69 Å². The molecule has 1 amide bonds. The zero-order valence-electron chi connectivity index (χ0n) is 16.8. The number of sulfone groups is 1. The molecule has 0 spiro atoms. The van der Waals surface area contributed by atoms with Gasteiger partial charge < -0.3 is 10.1 Å². The molecule has 5 nitrogen and oxygen atoms in total. The minimum atomic E-state index is -3.63. The highest BCUT2D eigenvalue weighted by molar-refractivity contribution is 9.11. The fourth-order valence-corrected chi connectivity index (χ4v) is 7.14. The first-order chi connectivity index (χ1) is 15.3. The normalized spacial score (nSPS) is 14.7. The molecule has 0 atom stereocenters. The molecule has 1 aliphatic heterocycles. The lowest BCUT2D eigenvalue weighted by Gasteiger charge is -2.19. The molecule has 9 heteroatoms. The lowest BCUT2D eigenvalue weighted by molar-refractivity contribution is -0.112. The second kappa shape index (κ2) is 9.43. The van der Waals surface area contributed by atoms with Crippen LogP contribution in [0.15, 0.2) is 84.3 Å². The van der Waals surface area contributed by atoms with Gasteiger partial charge in [-0.25, -0.2) is 8.42 Å². The lowest BCUT2D eigenvalue weighted by Crippen LogP contribution is -2.18. The number of nitrogens with one attached hydrogen (secondary N) is 1. The number of carbonyl (C=O) groups is 1. The number of carbonyl (C=O) groups excluding carboxylic acids is 1. The average Bonchev–Trinajstić information content (AvgIpc) is 2.77. The second-order valence-corrected chi connectivity index (χ2v) is 11.7. The van der Waals surface area contributed by atoms with Crippen LogP contribution in [0.2, 0.25) is 0 Å². The summed E-state index contributed by atoms with van der Waals surface area (Å²) in [6, 6.07) is 17.6. The number of thioether (sulfide) groups is 1. The highest BCUT2D eigenvalue weighted by Gasteiger charge is 2.25. The highest BCUT2D eigenvalue weighted by atomic mass is 79.9. The summed E-state index contributed by atoms with van der Waals surface area (Å²) in [4.78, 5) is 14.1. The molecule has 0 saturated carbocycles. The van der Waals surface area contributed by atoms with Crippen LogP contribution in [0.1, 0.15) is 11.1 Å². The number of rotatable bonds is 5. The van der Waals surface area contributed by atoms with Gasteiger partial charge in [0.25, 0.3) is 5.91 Å². The van der Waals surface area contributed by atoms with Crippen molar-refractivity contribution in [2.24, 2.45) is 0 Å². The quantitative estimate of drug-likeness (QED) is 0.352. The van der Waals surface area contributed by atoms with Gasteiger partial charge in [-0.05, 0) is 59.7 Å². The molecule has 0 saturated heterocycles. The van der Waals surface area contributed by atoms with Crippen LogP contribution in [0, 0.1) is 0 Å². The Kier molecular flexibility index (Phi) is 6.80. The van der Waals surface area contributed by atoms with Crippen molar-refractivity contribution in [3.05, 3.63) is 85.6 Å². The third-order valence-electron chi connectivity index (χ3n) is 4.81. The van der Waals surface area contributed by atoms with Crippen LogP contribution in [0.3, 0.4) is 0 Å². The molecule has 1 aliphatic rings. The molecule has 1 N–H and O–H groups in total. The van der Waals surface area contributed by atoms with E-state index in [-0.39, 0.29) is 16.6 Å². The van der Waals surface area contributed by atoms with Gasteiger partial charge in [0.2, 0.25) is 0 Å². The van der Waals surface area contributed by atoms with Gasteiger partial charge in [-0.1, -0.05) is 61.8 Å². The minimum absolute atomic E-state index is 0.155. The highest BCUT2D eigenvalue weighted by Crippen LogP contribution is 2.40. The third kappa shape index (κ3) is 4.96. The van der Waals surface area contributed by atoms with Gasteiger partial charge in [0.15, 0.2) is 9.84 Å². The zero-order chi connectivity index (χ0) is 22.9. The van der Waals surface area contributed by atoms with E-state index in [1.807, 2.05) is 30.3 Å². The number of benzene rings is 3. The number of ether oxygens (including phenoxy) is 1. The molecule has 32 heavy (non-hydrogen) atoms. The maximum atomic E-state index is 13.0. The van der Waals surface area contributed by atoms with E-state index in [0.29, 0.717) is 25.1 Å². The number of methoxy groups -OCH3 is 1. The number of anilines is 1. The second-order valence-electron chi connectivity index (χ2n) is 6.96. The van der Waals surface area contributed by atoms with Crippen LogP contribution in [-0.2, 0) is 20.4 Å². The van der Waals surface area contributed by atoms with Gasteiger partial charge in [-0.2, -0.15) is 0 Å². The van der Waals surface area contributed by atoms with E-state index in [9.17, 15) is 13.2 Å². The maximum absolute atomic E-state index is 13.0. The molecule has 0 aliphatic carbocycles. The molecule has 1 heterocycles. The Balaban J connectivity index is 1.60. The first-order valence-corrected chi connectivity index (χ1v) is 13.5. The van der Waals surface area contributed by atoms with Crippen LogP contribution < -0.4 is 10.1 Å². The fourth-order valence-electron chi connectivity index (χ4n) is 3.13. The van der Waals surface area contributed by atoms with Gasteiger partial charge in [0.05, 0.1) is 28.4 Å². The van der Waals surface area contributed by atoms with E-state index in [2.05, 4.69) is 37.2 Å². The topological polar surface area (TPSA) is 72.5 Å². The lowest BCUT2D eigenvalue weighted by atomic mass is 10.2. The Labute approximate surface area is 207 Å². The van der Waals surface area contributed by atoms with Crippen molar-refractivity contribution in [3.63, 3.8) is 0 Å². The van der Waals surface area contributed by atoms with Crippen LogP contribution in [0.5, 0.6) is 5.75 Å². The standard InChI is InChI=1S/C23H17Br2NO4S2/c1-30-15-7-5-14(6-8-15)11-22-23(27)26-20-12-16(9-10-21(20)31-22)32(28,29)13-17-18(24)3-2-4-19(17)25/h2-12H,13H2,1H3,(H,26,27). The SMILES string of the molecule is COc1ccc(C=C2Sc3ccc(S(=O)(=O)Cc4c(Br)cccc4Br)cc3NC2=O)cc1.